The van der Waals surface area contributed by atoms with Crippen molar-refractivity contribution in [3.63, 3.8) is 0 Å². The molecule has 0 spiro atoms. The maximum Gasteiger partial charge on any atom is 0.253 e. The van der Waals surface area contributed by atoms with Gasteiger partial charge in [-0.15, -0.1) is 0 Å². The van der Waals surface area contributed by atoms with Gasteiger partial charge in [0.25, 0.3) is 5.91 Å². The van der Waals surface area contributed by atoms with Gasteiger partial charge in [-0.05, 0) is 31.2 Å². The lowest BCUT2D eigenvalue weighted by Crippen LogP contribution is -2.48. The van der Waals surface area contributed by atoms with Crippen LogP contribution in [0.3, 0.4) is 0 Å². The van der Waals surface area contributed by atoms with E-state index in [9.17, 15) is 4.79 Å². The number of hydrogen-bond acceptors (Lipinski definition) is 4. The van der Waals surface area contributed by atoms with E-state index in [4.69, 9.17) is 4.74 Å². The second-order valence-electron chi connectivity index (χ2n) is 6.00. The van der Waals surface area contributed by atoms with E-state index in [-0.39, 0.29) is 5.91 Å². The molecule has 6 heteroatoms. The van der Waals surface area contributed by atoms with Crippen LogP contribution in [0.25, 0.3) is 0 Å². The first-order chi connectivity index (χ1) is 11.7. The molecule has 1 saturated heterocycles. The molecular formula is C18H24N4O2. The number of ether oxygens (including phenoxy) is 1. The minimum atomic E-state index is 0.0936. The molecule has 0 aliphatic carbocycles. The van der Waals surface area contributed by atoms with E-state index in [1.54, 1.807) is 7.11 Å². The highest BCUT2D eigenvalue weighted by Crippen LogP contribution is 2.15. The molecule has 0 N–H and O–H groups in total. The van der Waals surface area contributed by atoms with Gasteiger partial charge in [0, 0.05) is 56.6 Å². The van der Waals surface area contributed by atoms with E-state index in [1.807, 2.05) is 40.0 Å². The van der Waals surface area contributed by atoms with Gasteiger partial charge in [0.2, 0.25) is 0 Å². The highest BCUT2D eigenvalue weighted by molar-refractivity contribution is 5.94. The summed E-state index contributed by atoms with van der Waals surface area (Å²) in [5, 5.41) is 4.31. The lowest BCUT2D eigenvalue weighted by Gasteiger charge is -2.34. The van der Waals surface area contributed by atoms with Gasteiger partial charge < -0.3 is 9.64 Å². The monoisotopic (exact) mass is 328 g/mol. The summed E-state index contributed by atoms with van der Waals surface area (Å²) in [6.45, 7) is 7.16. The number of hydrogen-bond donors (Lipinski definition) is 0. The van der Waals surface area contributed by atoms with E-state index in [0.29, 0.717) is 5.56 Å². The SMILES string of the molecule is CCn1cc(CN2CCN(C(=O)c3ccc(OC)cc3)CC2)cn1. The van der Waals surface area contributed by atoms with Gasteiger partial charge >= 0.3 is 0 Å². The maximum absolute atomic E-state index is 12.6. The summed E-state index contributed by atoms with van der Waals surface area (Å²) < 4.78 is 7.08. The van der Waals surface area contributed by atoms with E-state index in [0.717, 1.165) is 45.0 Å². The average Bonchev–Trinajstić information content (AvgIpc) is 3.09. The first-order valence-electron chi connectivity index (χ1n) is 8.36. The minimum absolute atomic E-state index is 0.0936. The molecule has 1 amide bonds. The number of aryl methyl sites for hydroxylation is 1. The number of benzene rings is 1. The zero-order chi connectivity index (χ0) is 16.9. The van der Waals surface area contributed by atoms with Crippen LogP contribution in [0, 0.1) is 0 Å². The van der Waals surface area contributed by atoms with Crippen molar-refractivity contribution in [2.45, 2.75) is 20.0 Å². The molecule has 1 aromatic heterocycles. The average molecular weight is 328 g/mol. The Labute approximate surface area is 142 Å². The zero-order valence-electron chi connectivity index (χ0n) is 14.3. The largest absolute Gasteiger partial charge is 0.497 e. The predicted octanol–water partition coefficient (Wildman–Crippen LogP) is 1.87. The summed E-state index contributed by atoms with van der Waals surface area (Å²) in [7, 11) is 1.63. The Morgan fingerprint density at radius 2 is 1.88 bits per heavy atom. The van der Waals surface area contributed by atoms with Crippen LogP contribution >= 0.6 is 0 Å². The third kappa shape index (κ3) is 3.76. The fraction of sp³-hybridized carbons (Fsp3) is 0.444. The molecule has 1 fully saturated rings. The lowest BCUT2D eigenvalue weighted by atomic mass is 10.1. The van der Waals surface area contributed by atoms with Crippen molar-refractivity contribution in [3.05, 3.63) is 47.8 Å². The highest BCUT2D eigenvalue weighted by Gasteiger charge is 2.22. The standard InChI is InChI=1S/C18H24N4O2/c1-3-22-14-15(12-19-22)13-20-8-10-21(11-9-20)18(23)16-4-6-17(24-2)7-5-16/h4-7,12,14H,3,8-11,13H2,1-2H3. The molecule has 0 bridgehead atoms. The number of methoxy groups -OCH3 is 1. The molecule has 2 aromatic rings. The fourth-order valence-electron chi connectivity index (χ4n) is 2.94. The van der Waals surface area contributed by atoms with Crippen LogP contribution < -0.4 is 4.74 Å². The second-order valence-corrected chi connectivity index (χ2v) is 6.00. The van der Waals surface area contributed by atoms with Gasteiger partial charge in [-0.25, -0.2) is 0 Å². The van der Waals surface area contributed by atoms with Crippen molar-refractivity contribution in [2.24, 2.45) is 0 Å². The third-order valence-corrected chi connectivity index (χ3v) is 4.41. The van der Waals surface area contributed by atoms with Crippen molar-refractivity contribution >= 4 is 5.91 Å². The van der Waals surface area contributed by atoms with Gasteiger partial charge in [-0.2, -0.15) is 5.10 Å². The molecule has 0 saturated carbocycles. The molecule has 0 unspecified atom stereocenters. The fourth-order valence-corrected chi connectivity index (χ4v) is 2.94. The summed E-state index contributed by atoms with van der Waals surface area (Å²) in [4.78, 5) is 16.9. The molecule has 1 aliphatic rings. The Kier molecular flexibility index (Phi) is 5.15. The molecule has 6 nitrogen and oxygen atoms in total. The van der Waals surface area contributed by atoms with Gasteiger partial charge in [0.15, 0.2) is 0 Å². The van der Waals surface area contributed by atoms with E-state index in [2.05, 4.69) is 23.1 Å². The van der Waals surface area contributed by atoms with Crippen LogP contribution in [0.4, 0.5) is 0 Å². The second kappa shape index (κ2) is 7.49. The number of rotatable bonds is 5. The van der Waals surface area contributed by atoms with Crippen molar-refractivity contribution in [1.82, 2.24) is 19.6 Å². The Balaban J connectivity index is 1.53. The minimum Gasteiger partial charge on any atom is -0.497 e. The quantitative estimate of drug-likeness (QED) is 0.841. The molecule has 24 heavy (non-hydrogen) atoms. The van der Waals surface area contributed by atoms with Crippen LogP contribution in [-0.2, 0) is 13.1 Å². The molecule has 0 radical (unpaired) electrons. The van der Waals surface area contributed by atoms with Crippen LogP contribution in [0.5, 0.6) is 5.75 Å². The highest BCUT2D eigenvalue weighted by atomic mass is 16.5. The summed E-state index contributed by atoms with van der Waals surface area (Å²) >= 11 is 0. The Morgan fingerprint density at radius 1 is 1.17 bits per heavy atom. The summed E-state index contributed by atoms with van der Waals surface area (Å²) in [6.07, 6.45) is 4.02. The molecule has 0 atom stereocenters. The maximum atomic E-state index is 12.6. The summed E-state index contributed by atoms with van der Waals surface area (Å²) in [5.74, 6) is 0.861. The summed E-state index contributed by atoms with van der Waals surface area (Å²) in [5.41, 5.74) is 1.94. The van der Waals surface area contributed by atoms with Gasteiger partial charge in [-0.1, -0.05) is 0 Å². The number of carbonyl (C=O) groups excluding carboxylic acids is 1. The van der Waals surface area contributed by atoms with Crippen LogP contribution in [0.2, 0.25) is 0 Å². The predicted molar refractivity (Wildman–Crippen MR) is 92.1 cm³/mol. The van der Waals surface area contributed by atoms with Gasteiger partial charge in [0.1, 0.15) is 5.75 Å². The van der Waals surface area contributed by atoms with Crippen LogP contribution in [-0.4, -0.2) is 58.8 Å². The van der Waals surface area contributed by atoms with Crippen molar-refractivity contribution in [3.8, 4) is 5.75 Å². The van der Waals surface area contributed by atoms with E-state index < -0.39 is 0 Å². The molecule has 1 aromatic carbocycles. The van der Waals surface area contributed by atoms with Crippen LogP contribution in [0.15, 0.2) is 36.7 Å². The summed E-state index contributed by atoms with van der Waals surface area (Å²) in [6, 6.07) is 7.31. The molecule has 128 valence electrons. The Bertz CT molecular complexity index is 673. The topological polar surface area (TPSA) is 50.6 Å². The molecular weight excluding hydrogens is 304 g/mol. The van der Waals surface area contributed by atoms with E-state index in [1.165, 1.54) is 5.56 Å². The first-order valence-corrected chi connectivity index (χ1v) is 8.36. The lowest BCUT2D eigenvalue weighted by molar-refractivity contribution is 0.0628. The number of carbonyl (C=O) groups is 1. The molecule has 2 heterocycles. The van der Waals surface area contributed by atoms with Gasteiger partial charge in [0.05, 0.1) is 13.3 Å². The Hall–Kier alpha value is -2.34. The first kappa shape index (κ1) is 16.5. The zero-order valence-corrected chi connectivity index (χ0v) is 14.3. The van der Waals surface area contributed by atoms with E-state index >= 15 is 0 Å². The van der Waals surface area contributed by atoms with Gasteiger partial charge in [-0.3, -0.25) is 14.4 Å². The van der Waals surface area contributed by atoms with Crippen molar-refractivity contribution < 1.29 is 9.53 Å². The number of aromatic nitrogens is 2. The number of nitrogens with zero attached hydrogens (tertiary/aromatic N) is 4. The number of piperazine rings is 1. The third-order valence-electron chi connectivity index (χ3n) is 4.41. The number of amides is 1. The van der Waals surface area contributed by atoms with Crippen molar-refractivity contribution in [1.29, 1.82) is 0 Å². The van der Waals surface area contributed by atoms with Crippen LogP contribution in [0.1, 0.15) is 22.8 Å². The smallest absolute Gasteiger partial charge is 0.253 e. The van der Waals surface area contributed by atoms with Crippen molar-refractivity contribution in [2.75, 3.05) is 33.3 Å². The molecule has 3 rings (SSSR count). The Morgan fingerprint density at radius 3 is 2.46 bits per heavy atom. The molecule has 1 aliphatic heterocycles. The normalized spacial score (nSPS) is 15.5.